The third kappa shape index (κ3) is 4.20. The molecule has 30 heavy (non-hydrogen) atoms. The van der Waals surface area contributed by atoms with Gasteiger partial charge in [0.25, 0.3) is 5.91 Å². The molecule has 0 fully saturated rings. The van der Waals surface area contributed by atoms with Crippen molar-refractivity contribution in [1.29, 1.82) is 0 Å². The maximum absolute atomic E-state index is 13.0. The SMILES string of the molecule is COc1cc(C(=O)NC(C)c2nc3ccccc3n2CC(C)C)cc(OC)c1OC. The molecule has 7 nitrogen and oxygen atoms in total. The minimum Gasteiger partial charge on any atom is -0.493 e. The number of hydrogen-bond acceptors (Lipinski definition) is 5. The number of imidazole rings is 1. The third-order valence-electron chi connectivity index (χ3n) is 4.89. The van der Waals surface area contributed by atoms with Gasteiger partial charge in [-0.25, -0.2) is 4.98 Å². The Kier molecular flexibility index (Phi) is 6.50. The van der Waals surface area contributed by atoms with Crippen molar-refractivity contribution in [3.63, 3.8) is 0 Å². The number of aromatic nitrogens is 2. The normalized spacial score (nSPS) is 12.1. The largest absolute Gasteiger partial charge is 0.493 e. The summed E-state index contributed by atoms with van der Waals surface area (Å²) in [5.41, 5.74) is 2.40. The molecule has 160 valence electrons. The van der Waals surface area contributed by atoms with Crippen molar-refractivity contribution >= 4 is 16.9 Å². The zero-order valence-electron chi connectivity index (χ0n) is 18.4. The number of carbonyl (C=O) groups excluding carboxylic acids is 1. The summed E-state index contributed by atoms with van der Waals surface area (Å²) in [6.45, 7) is 7.09. The Hall–Kier alpha value is -3.22. The molecule has 7 heteroatoms. The van der Waals surface area contributed by atoms with Crippen LogP contribution in [0, 0.1) is 5.92 Å². The fraction of sp³-hybridized carbons (Fsp3) is 0.391. The second-order valence-corrected chi connectivity index (χ2v) is 7.57. The van der Waals surface area contributed by atoms with E-state index in [1.54, 1.807) is 12.1 Å². The van der Waals surface area contributed by atoms with E-state index in [1.807, 2.05) is 25.1 Å². The van der Waals surface area contributed by atoms with Crippen molar-refractivity contribution in [1.82, 2.24) is 14.9 Å². The van der Waals surface area contributed by atoms with Crippen LogP contribution in [0.3, 0.4) is 0 Å². The van der Waals surface area contributed by atoms with Gasteiger partial charge in [0, 0.05) is 12.1 Å². The van der Waals surface area contributed by atoms with Gasteiger partial charge in [0.15, 0.2) is 11.5 Å². The lowest BCUT2D eigenvalue weighted by Crippen LogP contribution is -2.29. The number of methoxy groups -OCH3 is 3. The van der Waals surface area contributed by atoms with Crippen LogP contribution < -0.4 is 19.5 Å². The van der Waals surface area contributed by atoms with Crippen molar-refractivity contribution in [3.8, 4) is 17.2 Å². The van der Waals surface area contributed by atoms with Crippen LogP contribution >= 0.6 is 0 Å². The zero-order chi connectivity index (χ0) is 21.8. The predicted molar refractivity (Wildman–Crippen MR) is 117 cm³/mol. The molecule has 0 saturated heterocycles. The standard InChI is InChI=1S/C23H29N3O4/c1-14(2)13-26-18-10-8-7-9-17(18)25-22(26)15(3)24-23(27)16-11-19(28-4)21(30-6)20(12-16)29-5/h7-12,14-15H,13H2,1-6H3,(H,24,27). The number of carbonyl (C=O) groups is 1. The Morgan fingerprint density at radius 1 is 1.03 bits per heavy atom. The summed E-state index contributed by atoms with van der Waals surface area (Å²) in [7, 11) is 4.58. The molecule has 1 amide bonds. The van der Waals surface area contributed by atoms with Crippen molar-refractivity contribution in [2.45, 2.75) is 33.4 Å². The number of ether oxygens (including phenoxy) is 3. The molecule has 1 unspecified atom stereocenters. The molecule has 1 atom stereocenters. The highest BCUT2D eigenvalue weighted by atomic mass is 16.5. The maximum atomic E-state index is 13.0. The average molecular weight is 412 g/mol. The first-order valence-corrected chi connectivity index (χ1v) is 9.95. The molecule has 1 aromatic heterocycles. The zero-order valence-corrected chi connectivity index (χ0v) is 18.4. The Labute approximate surface area is 177 Å². The number of benzene rings is 2. The lowest BCUT2D eigenvalue weighted by Gasteiger charge is -2.19. The van der Waals surface area contributed by atoms with Crippen LogP contribution in [0.1, 0.15) is 43.0 Å². The maximum Gasteiger partial charge on any atom is 0.252 e. The molecule has 0 spiro atoms. The minimum absolute atomic E-state index is 0.245. The van der Waals surface area contributed by atoms with Crippen LogP contribution in [0.5, 0.6) is 17.2 Å². The quantitative estimate of drug-likeness (QED) is 0.601. The van der Waals surface area contributed by atoms with Crippen LogP contribution in [0.2, 0.25) is 0 Å². The van der Waals surface area contributed by atoms with Gasteiger partial charge in [-0.3, -0.25) is 4.79 Å². The summed E-state index contributed by atoms with van der Waals surface area (Å²) in [5, 5.41) is 3.05. The lowest BCUT2D eigenvalue weighted by atomic mass is 10.1. The second-order valence-electron chi connectivity index (χ2n) is 7.57. The Bertz CT molecular complexity index is 1020. The number of nitrogens with one attached hydrogen (secondary N) is 1. The molecular formula is C23H29N3O4. The summed E-state index contributed by atoms with van der Waals surface area (Å²) in [5.74, 6) is 2.33. The number of amides is 1. The smallest absolute Gasteiger partial charge is 0.252 e. The Balaban J connectivity index is 1.93. The van der Waals surface area contributed by atoms with Crippen LogP contribution in [-0.4, -0.2) is 36.8 Å². The average Bonchev–Trinajstić information content (AvgIpc) is 3.10. The van der Waals surface area contributed by atoms with E-state index in [-0.39, 0.29) is 11.9 Å². The minimum atomic E-state index is -0.289. The number of fused-ring (bicyclic) bond motifs is 1. The van der Waals surface area contributed by atoms with E-state index < -0.39 is 0 Å². The van der Waals surface area contributed by atoms with Crippen molar-refractivity contribution in [2.75, 3.05) is 21.3 Å². The number of para-hydroxylation sites is 2. The van der Waals surface area contributed by atoms with Crippen LogP contribution in [0.4, 0.5) is 0 Å². The summed E-state index contributed by atoms with van der Waals surface area (Å²) in [6, 6.07) is 11.0. The van der Waals surface area contributed by atoms with E-state index in [0.29, 0.717) is 28.7 Å². The molecule has 2 aromatic carbocycles. The monoisotopic (exact) mass is 411 g/mol. The van der Waals surface area contributed by atoms with E-state index >= 15 is 0 Å². The first kappa shape index (κ1) is 21.5. The van der Waals surface area contributed by atoms with Gasteiger partial charge in [-0.1, -0.05) is 26.0 Å². The summed E-state index contributed by atoms with van der Waals surface area (Å²) in [6.07, 6.45) is 0. The van der Waals surface area contributed by atoms with Gasteiger partial charge in [0.05, 0.1) is 38.4 Å². The Morgan fingerprint density at radius 2 is 1.67 bits per heavy atom. The molecule has 1 heterocycles. The molecule has 0 bridgehead atoms. The molecule has 0 aliphatic carbocycles. The van der Waals surface area contributed by atoms with E-state index in [2.05, 4.69) is 29.8 Å². The van der Waals surface area contributed by atoms with Gasteiger partial charge in [0.1, 0.15) is 5.82 Å². The highest BCUT2D eigenvalue weighted by molar-refractivity contribution is 5.96. The van der Waals surface area contributed by atoms with Gasteiger partial charge in [-0.05, 0) is 37.1 Å². The molecule has 0 aliphatic rings. The molecule has 1 N–H and O–H groups in total. The molecular weight excluding hydrogens is 382 g/mol. The van der Waals surface area contributed by atoms with E-state index in [0.717, 1.165) is 23.4 Å². The first-order valence-electron chi connectivity index (χ1n) is 9.95. The van der Waals surface area contributed by atoms with Gasteiger partial charge < -0.3 is 24.1 Å². The van der Waals surface area contributed by atoms with Gasteiger partial charge >= 0.3 is 0 Å². The van der Waals surface area contributed by atoms with Gasteiger partial charge in [-0.15, -0.1) is 0 Å². The second kappa shape index (κ2) is 9.07. The van der Waals surface area contributed by atoms with Crippen LogP contribution in [0.25, 0.3) is 11.0 Å². The highest BCUT2D eigenvalue weighted by Crippen LogP contribution is 2.38. The number of rotatable bonds is 8. The van der Waals surface area contributed by atoms with E-state index in [1.165, 1.54) is 21.3 Å². The molecule has 3 rings (SSSR count). The van der Waals surface area contributed by atoms with Gasteiger partial charge in [-0.2, -0.15) is 0 Å². The fourth-order valence-corrected chi connectivity index (χ4v) is 3.54. The predicted octanol–water partition coefficient (Wildman–Crippen LogP) is 4.21. The topological polar surface area (TPSA) is 74.6 Å². The molecule has 0 saturated carbocycles. The van der Waals surface area contributed by atoms with Crippen LogP contribution in [0.15, 0.2) is 36.4 Å². The molecule has 3 aromatic rings. The van der Waals surface area contributed by atoms with E-state index in [9.17, 15) is 4.79 Å². The molecule has 0 radical (unpaired) electrons. The first-order chi connectivity index (χ1) is 14.4. The summed E-state index contributed by atoms with van der Waals surface area (Å²) in [4.78, 5) is 17.8. The van der Waals surface area contributed by atoms with Crippen molar-refractivity contribution in [2.24, 2.45) is 5.92 Å². The lowest BCUT2D eigenvalue weighted by molar-refractivity contribution is 0.0936. The summed E-state index contributed by atoms with van der Waals surface area (Å²) >= 11 is 0. The van der Waals surface area contributed by atoms with E-state index in [4.69, 9.17) is 19.2 Å². The fourth-order valence-electron chi connectivity index (χ4n) is 3.54. The third-order valence-corrected chi connectivity index (χ3v) is 4.89. The number of nitrogens with zero attached hydrogens (tertiary/aromatic N) is 2. The summed E-state index contributed by atoms with van der Waals surface area (Å²) < 4.78 is 18.2. The van der Waals surface area contributed by atoms with Crippen LogP contribution in [-0.2, 0) is 6.54 Å². The molecule has 0 aliphatic heterocycles. The highest BCUT2D eigenvalue weighted by Gasteiger charge is 2.22. The van der Waals surface area contributed by atoms with Gasteiger partial charge in [0.2, 0.25) is 5.75 Å². The van der Waals surface area contributed by atoms with Crippen molar-refractivity contribution in [3.05, 3.63) is 47.8 Å². The number of hydrogen-bond donors (Lipinski definition) is 1. The Morgan fingerprint density at radius 3 is 2.23 bits per heavy atom. The van der Waals surface area contributed by atoms with Crippen molar-refractivity contribution < 1.29 is 19.0 Å².